The molecule has 2 fully saturated rings. The van der Waals surface area contributed by atoms with Gasteiger partial charge < -0.3 is 10.0 Å². The van der Waals surface area contributed by atoms with E-state index in [2.05, 4.69) is 31.9 Å². The summed E-state index contributed by atoms with van der Waals surface area (Å²) >= 11 is 3.41. The van der Waals surface area contributed by atoms with Gasteiger partial charge in [-0.15, -0.1) is 0 Å². The molecule has 0 radical (unpaired) electrons. The molecule has 2 aliphatic rings. The second-order valence-corrected chi connectivity index (χ2v) is 6.30. The van der Waals surface area contributed by atoms with Gasteiger partial charge in [0.15, 0.2) is 0 Å². The molecule has 2 heterocycles. The Morgan fingerprint density at radius 1 is 1.29 bits per heavy atom. The molecule has 0 amide bonds. The van der Waals surface area contributed by atoms with Crippen molar-refractivity contribution >= 4 is 21.7 Å². The largest absolute Gasteiger partial charge is 0.393 e. The fourth-order valence-electron chi connectivity index (χ4n) is 3.11. The van der Waals surface area contributed by atoms with Crippen LogP contribution >= 0.6 is 15.9 Å². The lowest BCUT2D eigenvalue weighted by Gasteiger charge is -2.50. The first kappa shape index (κ1) is 11.5. The summed E-state index contributed by atoms with van der Waals surface area (Å²) in [5.74, 6) is 1.07. The van der Waals surface area contributed by atoms with Gasteiger partial charge in [-0.25, -0.2) is 4.98 Å². The second kappa shape index (κ2) is 4.25. The lowest BCUT2D eigenvalue weighted by Crippen LogP contribution is -2.49. The van der Waals surface area contributed by atoms with Crippen molar-refractivity contribution in [2.24, 2.45) is 5.41 Å². The minimum absolute atomic E-state index is 0.0349. The smallest absolute Gasteiger partial charge is 0.128 e. The van der Waals surface area contributed by atoms with Crippen LogP contribution in [0.4, 0.5) is 5.82 Å². The number of aliphatic hydroxyl groups is 1. The first-order chi connectivity index (χ1) is 8.17. The fraction of sp³-hybridized carbons (Fsp3) is 0.615. The van der Waals surface area contributed by atoms with Crippen LogP contribution in [0, 0.1) is 5.41 Å². The predicted molar refractivity (Wildman–Crippen MR) is 71.1 cm³/mol. The lowest BCUT2D eigenvalue weighted by atomic mass is 9.61. The maximum atomic E-state index is 9.45. The number of rotatable bonds is 1. The first-order valence-corrected chi connectivity index (χ1v) is 7.01. The molecule has 1 aliphatic heterocycles. The van der Waals surface area contributed by atoms with Crippen LogP contribution in [-0.2, 0) is 0 Å². The van der Waals surface area contributed by atoms with Crippen molar-refractivity contribution in [1.29, 1.82) is 0 Å². The minimum Gasteiger partial charge on any atom is -0.393 e. The summed E-state index contributed by atoms with van der Waals surface area (Å²) in [5, 5.41) is 9.45. The number of piperidine rings is 1. The molecule has 1 aromatic heterocycles. The summed E-state index contributed by atoms with van der Waals surface area (Å²) in [6.45, 7) is 2.14. The predicted octanol–water partition coefficient (Wildman–Crippen LogP) is 2.59. The molecule has 0 unspecified atom stereocenters. The zero-order valence-corrected chi connectivity index (χ0v) is 11.4. The third kappa shape index (κ3) is 2.20. The van der Waals surface area contributed by atoms with Gasteiger partial charge in [-0.2, -0.15) is 0 Å². The highest BCUT2D eigenvalue weighted by molar-refractivity contribution is 9.10. The van der Waals surface area contributed by atoms with Crippen LogP contribution in [0.15, 0.2) is 22.8 Å². The van der Waals surface area contributed by atoms with Gasteiger partial charge in [0.25, 0.3) is 0 Å². The number of nitrogens with zero attached hydrogens (tertiary/aromatic N) is 2. The van der Waals surface area contributed by atoms with Crippen LogP contribution in [0.5, 0.6) is 0 Å². The van der Waals surface area contributed by atoms with Gasteiger partial charge in [0.1, 0.15) is 5.82 Å². The number of aromatic nitrogens is 1. The maximum absolute atomic E-state index is 9.45. The monoisotopic (exact) mass is 296 g/mol. The van der Waals surface area contributed by atoms with E-state index < -0.39 is 0 Å². The summed E-state index contributed by atoms with van der Waals surface area (Å²) in [5.41, 5.74) is 0.450. The van der Waals surface area contributed by atoms with E-state index in [0.29, 0.717) is 5.41 Å². The average Bonchev–Trinajstić information content (AvgIpc) is 2.30. The molecular formula is C13H17BrN2O. The number of pyridine rings is 1. The van der Waals surface area contributed by atoms with Crippen LogP contribution in [-0.4, -0.2) is 29.3 Å². The van der Waals surface area contributed by atoms with Crippen LogP contribution in [0.1, 0.15) is 25.7 Å². The van der Waals surface area contributed by atoms with Crippen molar-refractivity contribution in [2.45, 2.75) is 31.8 Å². The maximum Gasteiger partial charge on any atom is 0.128 e. The molecule has 1 N–H and O–H groups in total. The number of halogens is 1. The van der Waals surface area contributed by atoms with E-state index in [0.717, 1.165) is 36.2 Å². The Balaban J connectivity index is 1.63. The van der Waals surface area contributed by atoms with Crippen LogP contribution in [0.2, 0.25) is 0 Å². The van der Waals surface area contributed by atoms with Crippen molar-refractivity contribution in [1.82, 2.24) is 4.98 Å². The van der Waals surface area contributed by atoms with Gasteiger partial charge in [-0.1, -0.05) is 0 Å². The molecule has 0 atom stereocenters. The normalized spacial score (nSPS) is 23.8. The Hall–Kier alpha value is -0.610. The van der Waals surface area contributed by atoms with Crippen molar-refractivity contribution in [3.8, 4) is 0 Å². The molecule has 3 rings (SSSR count). The van der Waals surface area contributed by atoms with E-state index in [-0.39, 0.29) is 6.10 Å². The van der Waals surface area contributed by atoms with Gasteiger partial charge in [0.2, 0.25) is 0 Å². The van der Waals surface area contributed by atoms with E-state index in [4.69, 9.17) is 0 Å². The Morgan fingerprint density at radius 2 is 2.00 bits per heavy atom. The van der Waals surface area contributed by atoms with E-state index in [1.165, 1.54) is 12.8 Å². The van der Waals surface area contributed by atoms with Gasteiger partial charge in [0, 0.05) is 23.8 Å². The van der Waals surface area contributed by atoms with Crippen molar-refractivity contribution < 1.29 is 5.11 Å². The summed E-state index contributed by atoms with van der Waals surface area (Å²) in [7, 11) is 0. The van der Waals surface area contributed by atoms with Crippen molar-refractivity contribution in [2.75, 3.05) is 18.0 Å². The summed E-state index contributed by atoms with van der Waals surface area (Å²) < 4.78 is 1.02. The Kier molecular flexibility index (Phi) is 2.87. The molecule has 92 valence electrons. The Labute approximate surface area is 110 Å². The number of aliphatic hydroxyl groups excluding tert-OH is 1. The summed E-state index contributed by atoms with van der Waals surface area (Å²) in [6, 6.07) is 4.11. The topological polar surface area (TPSA) is 36.4 Å². The number of hydrogen-bond donors (Lipinski definition) is 1. The molecule has 1 saturated carbocycles. The van der Waals surface area contributed by atoms with E-state index in [1.807, 2.05) is 12.3 Å². The molecule has 0 aromatic carbocycles. The highest BCUT2D eigenvalue weighted by Gasteiger charge is 2.45. The first-order valence-electron chi connectivity index (χ1n) is 6.22. The molecule has 4 heteroatoms. The van der Waals surface area contributed by atoms with E-state index in [9.17, 15) is 5.11 Å². The van der Waals surface area contributed by atoms with E-state index >= 15 is 0 Å². The van der Waals surface area contributed by atoms with Gasteiger partial charge in [-0.3, -0.25) is 0 Å². The minimum atomic E-state index is -0.0349. The zero-order valence-electron chi connectivity index (χ0n) is 9.77. The van der Waals surface area contributed by atoms with Crippen LogP contribution < -0.4 is 4.90 Å². The van der Waals surface area contributed by atoms with Crippen LogP contribution in [0.25, 0.3) is 0 Å². The SMILES string of the molecule is OC1CC2(CCN(c3ccc(Br)cn3)CC2)C1. The highest BCUT2D eigenvalue weighted by atomic mass is 79.9. The standard InChI is InChI=1S/C13H17BrN2O/c14-10-1-2-12(15-9-10)16-5-3-13(4-6-16)7-11(17)8-13/h1-2,9,11,17H,3-8H2. The fourth-order valence-corrected chi connectivity index (χ4v) is 3.35. The van der Waals surface area contributed by atoms with Crippen LogP contribution in [0.3, 0.4) is 0 Å². The zero-order chi connectivity index (χ0) is 11.9. The van der Waals surface area contributed by atoms with Gasteiger partial charge >= 0.3 is 0 Å². The van der Waals surface area contributed by atoms with Crippen molar-refractivity contribution in [3.63, 3.8) is 0 Å². The lowest BCUT2D eigenvalue weighted by molar-refractivity contribution is -0.0464. The summed E-state index contributed by atoms with van der Waals surface area (Å²) in [4.78, 5) is 6.79. The number of hydrogen-bond acceptors (Lipinski definition) is 3. The molecule has 17 heavy (non-hydrogen) atoms. The number of anilines is 1. The Morgan fingerprint density at radius 3 is 2.53 bits per heavy atom. The summed E-state index contributed by atoms with van der Waals surface area (Å²) in [6.07, 6.45) is 6.23. The quantitative estimate of drug-likeness (QED) is 0.865. The third-order valence-corrected chi connectivity index (χ3v) is 4.67. The molecule has 3 nitrogen and oxygen atoms in total. The molecule has 1 aliphatic carbocycles. The molecule has 1 spiro atoms. The molecule has 0 bridgehead atoms. The third-order valence-electron chi connectivity index (χ3n) is 4.20. The van der Waals surface area contributed by atoms with E-state index in [1.54, 1.807) is 0 Å². The average molecular weight is 297 g/mol. The molecule has 1 aromatic rings. The highest BCUT2D eigenvalue weighted by Crippen LogP contribution is 2.49. The molecule has 1 saturated heterocycles. The molecular weight excluding hydrogens is 280 g/mol. The Bertz CT molecular complexity index is 390. The van der Waals surface area contributed by atoms with Crippen molar-refractivity contribution in [3.05, 3.63) is 22.8 Å². The van der Waals surface area contributed by atoms with Gasteiger partial charge in [0.05, 0.1) is 6.10 Å². The second-order valence-electron chi connectivity index (χ2n) is 5.38. The van der Waals surface area contributed by atoms with Gasteiger partial charge in [-0.05, 0) is 59.2 Å².